The standard InChI is InChI=1S/C10H10N4O2S/c1-7-3-2-4-8(5-7)16-6-9(15)11-10-12-13-14-17-10/h2-5H,6H2,1H3,(H,11,12,14,15). The van der Waals surface area contributed by atoms with Crippen LogP contribution < -0.4 is 10.1 Å². The molecule has 2 rings (SSSR count). The normalized spacial score (nSPS) is 9.94. The van der Waals surface area contributed by atoms with Crippen LogP contribution in [-0.2, 0) is 4.79 Å². The van der Waals surface area contributed by atoms with Crippen molar-refractivity contribution in [2.45, 2.75) is 6.92 Å². The number of carbonyl (C=O) groups excluding carboxylic acids is 1. The molecular weight excluding hydrogens is 240 g/mol. The van der Waals surface area contributed by atoms with Crippen molar-refractivity contribution in [2.75, 3.05) is 11.9 Å². The van der Waals surface area contributed by atoms with Gasteiger partial charge < -0.3 is 4.74 Å². The molecule has 17 heavy (non-hydrogen) atoms. The monoisotopic (exact) mass is 250 g/mol. The first-order valence-electron chi connectivity index (χ1n) is 4.88. The molecule has 0 saturated carbocycles. The number of hydrogen-bond acceptors (Lipinski definition) is 6. The smallest absolute Gasteiger partial charge is 0.264 e. The van der Waals surface area contributed by atoms with E-state index in [-0.39, 0.29) is 12.5 Å². The van der Waals surface area contributed by atoms with E-state index < -0.39 is 0 Å². The molecule has 0 aliphatic carbocycles. The molecule has 2 aromatic rings. The average molecular weight is 250 g/mol. The molecule has 0 fully saturated rings. The SMILES string of the molecule is Cc1cccc(OCC(=O)Nc2nnns2)c1. The topological polar surface area (TPSA) is 77.0 Å². The first-order chi connectivity index (χ1) is 8.24. The van der Waals surface area contributed by atoms with Crippen LogP contribution in [-0.4, -0.2) is 27.3 Å². The maximum atomic E-state index is 11.4. The maximum absolute atomic E-state index is 11.4. The lowest BCUT2D eigenvalue weighted by Crippen LogP contribution is -2.20. The largest absolute Gasteiger partial charge is 0.484 e. The molecule has 1 heterocycles. The van der Waals surface area contributed by atoms with Gasteiger partial charge in [0.1, 0.15) is 5.75 Å². The number of hydrogen-bond donors (Lipinski definition) is 1. The van der Waals surface area contributed by atoms with E-state index in [0.717, 1.165) is 17.1 Å². The van der Waals surface area contributed by atoms with Gasteiger partial charge in [-0.15, -0.1) is 0 Å². The Hall–Kier alpha value is -2.02. The van der Waals surface area contributed by atoms with Gasteiger partial charge >= 0.3 is 0 Å². The molecule has 0 radical (unpaired) electrons. The molecule has 0 aliphatic heterocycles. The maximum Gasteiger partial charge on any atom is 0.264 e. The summed E-state index contributed by atoms with van der Waals surface area (Å²) in [5.74, 6) is 0.376. The van der Waals surface area contributed by atoms with Gasteiger partial charge in [-0.3, -0.25) is 10.1 Å². The van der Waals surface area contributed by atoms with E-state index in [1.54, 1.807) is 6.07 Å². The number of benzene rings is 1. The number of aryl methyl sites for hydroxylation is 1. The van der Waals surface area contributed by atoms with Crippen LogP contribution in [0.15, 0.2) is 24.3 Å². The Kier molecular flexibility index (Phi) is 3.61. The van der Waals surface area contributed by atoms with Gasteiger partial charge in [0.15, 0.2) is 6.61 Å². The Morgan fingerprint density at radius 2 is 2.41 bits per heavy atom. The average Bonchev–Trinajstić information content (AvgIpc) is 2.79. The second-order valence-corrected chi connectivity index (χ2v) is 4.05. The summed E-state index contributed by atoms with van der Waals surface area (Å²) in [5, 5.41) is 9.85. The third-order valence-corrected chi connectivity index (χ3v) is 2.42. The quantitative estimate of drug-likeness (QED) is 0.883. The minimum absolute atomic E-state index is 0.0664. The minimum atomic E-state index is -0.287. The number of carbonyl (C=O) groups is 1. The van der Waals surface area contributed by atoms with Crippen molar-refractivity contribution in [3.63, 3.8) is 0 Å². The predicted octanol–water partition coefficient (Wildman–Crippen LogP) is 1.26. The molecule has 1 N–H and O–H groups in total. The summed E-state index contributed by atoms with van der Waals surface area (Å²) in [4.78, 5) is 11.4. The van der Waals surface area contributed by atoms with Crippen molar-refractivity contribution in [3.05, 3.63) is 29.8 Å². The number of nitrogens with zero attached hydrogens (tertiary/aromatic N) is 3. The highest BCUT2D eigenvalue weighted by Gasteiger charge is 2.06. The number of amides is 1. The van der Waals surface area contributed by atoms with E-state index in [0.29, 0.717) is 10.9 Å². The van der Waals surface area contributed by atoms with Crippen molar-refractivity contribution in [1.82, 2.24) is 14.8 Å². The van der Waals surface area contributed by atoms with Crippen LogP contribution >= 0.6 is 11.5 Å². The van der Waals surface area contributed by atoms with Crippen LogP contribution in [0.5, 0.6) is 5.75 Å². The molecule has 0 bridgehead atoms. The van der Waals surface area contributed by atoms with Gasteiger partial charge in [-0.25, -0.2) is 0 Å². The molecule has 0 saturated heterocycles. The van der Waals surface area contributed by atoms with Gasteiger partial charge in [-0.1, -0.05) is 21.7 Å². The number of anilines is 1. The van der Waals surface area contributed by atoms with Crippen molar-refractivity contribution in [2.24, 2.45) is 0 Å². The number of ether oxygens (including phenoxy) is 1. The van der Waals surface area contributed by atoms with Crippen LogP contribution in [0.2, 0.25) is 0 Å². The van der Waals surface area contributed by atoms with Crippen LogP contribution in [0.1, 0.15) is 5.56 Å². The highest BCUT2D eigenvalue weighted by molar-refractivity contribution is 7.09. The van der Waals surface area contributed by atoms with Crippen molar-refractivity contribution in [3.8, 4) is 5.75 Å². The van der Waals surface area contributed by atoms with E-state index in [1.807, 2.05) is 25.1 Å². The van der Waals surface area contributed by atoms with Crippen molar-refractivity contribution in [1.29, 1.82) is 0 Å². The van der Waals surface area contributed by atoms with E-state index in [9.17, 15) is 4.79 Å². The van der Waals surface area contributed by atoms with Gasteiger partial charge in [0.2, 0.25) is 5.13 Å². The van der Waals surface area contributed by atoms with Gasteiger partial charge in [0.25, 0.3) is 5.91 Å². The summed E-state index contributed by atoms with van der Waals surface area (Å²) in [6.45, 7) is 1.89. The van der Waals surface area contributed by atoms with Crippen LogP contribution in [0.25, 0.3) is 0 Å². The van der Waals surface area contributed by atoms with E-state index >= 15 is 0 Å². The fourth-order valence-electron chi connectivity index (χ4n) is 1.19. The summed E-state index contributed by atoms with van der Waals surface area (Å²) >= 11 is 1.02. The molecule has 0 unspecified atom stereocenters. The van der Waals surface area contributed by atoms with Gasteiger partial charge in [0.05, 0.1) is 0 Å². The highest BCUT2D eigenvalue weighted by atomic mass is 32.1. The molecule has 1 amide bonds. The van der Waals surface area contributed by atoms with Crippen LogP contribution in [0, 0.1) is 6.92 Å². The van der Waals surface area contributed by atoms with E-state index in [1.165, 1.54) is 0 Å². The Morgan fingerprint density at radius 3 is 3.12 bits per heavy atom. The Bertz CT molecular complexity index is 501. The lowest BCUT2D eigenvalue weighted by molar-refractivity contribution is -0.118. The molecule has 6 nitrogen and oxygen atoms in total. The first-order valence-corrected chi connectivity index (χ1v) is 5.66. The fraction of sp³-hybridized carbons (Fsp3) is 0.200. The summed E-state index contributed by atoms with van der Waals surface area (Å²) < 4.78 is 8.85. The molecule has 1 aromatic heterocycles. The predicted molar refractivity (Wildman–Crippen MR) is 63.0 cm³/mol. The number of nitrogens with one attached hydrogen (secondary N) is 1. The molecule has 7 heteroatoms. The highest BCUT2D eigenvalue weighted by Crippen LogP contribution is 2.12. The van der Waals surface area contributed by atoms with Crippen molar-refractivity contribution >= 4 is 22.6 Å². The number of rotatable bonds is 4. The lowest BCUT2D eigenvalue weighted by atomic mass is 10.2. The third-order valence-electron chi connectivity index (χ3n) is 1.91. The minimum Gasteiger partial charge on any atom is -0.484 e. The second-order valence-electron chi connectivity index (χ2n) is 3.32. The fourth-order valence-corrected chi connectivity index (χ4v) is 1.57. The summed E-state index contributed by atoms with van der Waals surface area (Å²) in [5.41, 5.74) is 1.08. The summed E-state index contributed by atoms with van der Waals surface area (Å²) in [6, 6.07) is 7.49. The second kappa shape index (κ2) is 5.35. The molecule has 0 spiro atoms. The van der Waals surface area contributed by atoms with Gasteiger partial charge in [-0.05, 0) is 29.8 Å². The zero-order valence-corrected chi connectivity index (χ0v) is 9.90. The first kappa shape index (κ1) is 11.5. The Morgan fingerprint density at radius 1 is 1.53 bits per heavy atom. The van der Waals surface area contributed by atoms with Crippen LogP contribution in [0.3, 0.4) is 0 Å². The van der Waals surface area contributed by atoms with Crippen molar-refractivity contribution < 1.29 is 9.53 Å². The zero-order chi connectivity index (χ0) is 12.1. The van der Waals surface area contributed by atoms with Crippen LogP contribution in [0.4, 0.5) is 5.13 Å². The molecule has 1 aromatic carbocycles. The summed E-state index contributed by atoms with van der Waals surface area (Å²) in [6.07, 6.45) is 0. The molecular formula is C10H10N4O2S. The third kappa shape index (κ3) is 3.49. The Labute approximate surface area is 102 Å². The number of aromatic nitrogens is 3. The van der Waals surface area contributed by atoms with Gasteiger partial charge in [0, 0.05) is 11.5 Å². The molecule has 88 valence electrons. The Balaban J connectivity index is 1.84. The van der Waals surface area contributed by atoms with Gasteiger partial charge in [-0.2, -0.15) is 0 Å². The molecule has 0 atom stereocenters. The van der Waals surface area contributed by atoms with E-state index in [4.69, 9.17) is 4.74 Å². The lowest BCUT2D eigenvalue weighted by Gasteiger charge is -2.05. The van der Waals surface area contributed by atoms with E-state index in [2.05, 4.69) is 20.1 Å². The zero-order valence-electron chi connectivity index (χ0n) is 9.08. The summed E-state index contributed by atoms with van der Waals surface area (Å²) in [7, 11) is 0. The molecule has 0 aliphatic rings.